The fraction of sp³-hybridized carbons (Fsp3) is 0.391. The molecule has 1 saturated heterocycles. The lowest BCUT2D eigenvalue weighted by atomic mass is 10.0. The lowest BCUT2D eigenvalue weighted by Crippen LogP contribution is -2.42. The Kier molecular flexibility index (Phi) is 6.30. The Morgan fingerprint density at radius 2 is 1.80 bits per heavy atom. The molecule has 2 aromatic carbocycles. The number of aromatic amines is 1. The Morgan fingerprint density at radius 1 is 1.10 bits per heavy atom. The molecule has 0 atom stereocenters. The molecule has 2 N–H and O–H groups in total. The zero-order valence-electron chi connectivity index (χ0n) is 17.3. The van der Waals surface area contributed by atoms with Crippen molar-refractivity contribution in [2.24, 2.45) is 0 Å². The summed E-state index contributed by atoms with van der Waals surface area (Å²) < 4.78 is 7.10. The number of ether oxygens (including phenoxy) is 1. The van der Waals surface area contributed by atoms with Crippen LogP contribution in [0.5, 0.6) is 0 Å². The van der Waals surface area contributed by atoms with Crippen molar-refractivity contribution in [3.05, 3.63) is 70.1 Å². The van der Waals surface area contributed by atoms with Gasteiger partial charge in [-0.2, -0.15) is 0 Å². The summed E-state index contributed by atoms with van der Waals surface area (Å²) in [6.45, 7) is 3.00. The lowest BCUT2D eigenvalue weighted by Gasteiger charge is -2.32. The second-order valence-corrected chi connectivity index (χ2v) is 7.80. The molecule has 30 heavy (non-hydrogen) atoms. The molecular weight excluding hydrogens is 380 g/mol. The van der Waals surface area contributed by atoms with E-state index < -0.39 is 0 Å². The van der Waals surface area contributed by atoms with Gasteiger partial charge in [-0.1, -0.05) is 36.4 Å². The number of benzene rings is 2. The number of nitrogens with zero attached hydrogens (tertiary/aromatic N) is 2. The summed E-state index contributed by atoms with van der Waals surface area (Å²) in [5, 5.41) is 3.02. The highest BCUT2D eigenvalue weighted by Gasteiger charge is 2.24. The maximum atomic E-state index is 12.4. The standard InChI is InChI=1S/C23H28N4O3/c1-30-16-18-7-3-2-6-17(18)14-24-22(28)15-26-12-10-19(11-13-26)27-21-9-5-4-8-20(21)25-23(27)29/h2-9,19H,10-16H2,1H3,(H,24,28)(H,25,29). The Morgan fingerprint density at radius 3 is 2.57 bits per heavy atom. The highest BCUT2D eigenvalue weighted by atomic mass is 16.5. The molecule has 1 aliphatic heterocycles. The van der Waals surface area contributed by atoms with E-state index in [0.717, 1.165) is 48.1 Å². The molecule has 2 heterocycles. The molecule has 1 aromatic heterocycles. The van der Waals surface area contributed by atoms with Gasteiger partial charge in [0.05, 0.1) is 24.2 Å². The number of hydrogen-bond donors (Lipinski definition) is 2. The average Bonchev–Trinajstić information content (AvgIpc) is 3.10. The molecule has 7 heteroatoms. The molecule has 3 aromatic rings. The van der Waals surface area contributed by atoms with Gasteiger partial charge >= 0.3 is 5.69 Å². The van der Waals surface area contributed by atoms with Crippen LogP contribution in [0.15, 0.2) is 53.3 Å². The topological polar surface area (TPSA) is 79.4 Å². The van der Waals surface area contributed by atoms with E-state index in [9.17, 15) is 9.59 Å². The van der Waals surface area contributed by atoms with Crippen LogP contribution in [-0.2, 0) is 22.7 Å². The number of carbonyl (C=O) groups is 1. The van der Waals surface area contributed by atoms with Gasteiger partial charge in [0.15, 0.2) is 0 Å². The number of piperidine rings is 1. The van der Waals surface area contributed by atoms with E-state index in [2.05, 4.69) is 15.2 Å². The maximum absolute atomic E-state index is 12.4. The first-order valence-electron chi connectivity index (χ1n) is 10.4. The number of H-pyrrole nitrogens is 1. The quantitative estimate of drug-likeness (QED) is 0.629. The first kappa shape index (κ1) is 20.4. The molecule has 0 saturated carbocycles. The van der Waals surface area contributed by atoms with E-state index in [0.29, 0.717) is 19.7 Å². The number of rotatable bonds is 7. The first-order valence-corrected chi connectivity index (χ1v) is 10.4. The van der Waals surface area contributed by atoms with Crippen LogP contribution in [-0.4, -0.2) is 47.1 Å². The van der Waals surface area contributed by atoms with Gasteiger partial charge < -0.3 is 15.0 Å². The molecule has 0 radical (unpaired) electrons. The van der Waals surface area contributed by atoms with Crippen LogP contribution in [0, 0.1) is 0 Å². The van der Waals surface area contributed by atoms with E-state index in [1.165, 1.54) is 0 Å². The van der Waals surface area contributed by atoms with Gasteiger partial charge in [-0.05, 0) is 36.1 Å². The fourth-order valence-electron chi connectivity index (χ4n) is 4.25. The van der Waals surface area contributed by atoms with E-state index in [4.69, 9.17) is 4.74 Å². The Labute approximate surface area is 175 Å². The van der Waals surface area contributed by atoms with Crippen LogP contribution >= 0.6 is 0 Å². The third-order valence-corrected chi connectivity index (χ3v) is 5.81. The molecule has 1 amide bonds. The Balaban J connectivity index is 1.30. The second kappa shape index (κ2) is 9.28. The van der Waals surface area contributed by atoms with Crippen LogP contribution in [0.25, 0.3) is 11.0 Å². The van der Waals surface area contributed by atoms with E-state index >= 15 is 0 Å². The minimum Gasteiger partial charge on any atom is -0.380 e. The van der Waals surface area contributed by atoms with Crippen molar-refractivity contribution >= 4 is 16.9 Å². The van der Waals surface area contributed by atoms with Crippen LogP contribution < -0.4 is 11.0 Å². The SMILES string of the molecule is COCc1ccccc1CNC(=O)CN1CCC(n2c(=O)[nH]c3ccccc32)CC1. The summed E-state index contributed by atoms with van der Waals surface area (Å²) in [5.74, 6) is 0.0185. The minimum absolute atomic E-state index is 0.0185. The highest BCUT2D eigenvalue weighted by Crippen LogP contribution is 2.24. The summed E-state index contributed by atoms with van der Waals surface area (Å²) in [5.41, 5.74) is 3.93. The maximum Gasteiger partial charge on any atom is 0.326 e. The summed E-state index contributed by atoms with van der Waals surface area (Å²) in [7, 11) is 1.67. The third kappa shape index (κ3) is 4.47. The van der Waals surface area contributed by atoms with Gasteiger partial charge in [0, 0.05) is 32.8 Å². The van der Waals surface area contributed by atoms with E-state index in [1.807, 2.05) is 53.1 Å². The van der Waals surface area contributed by atoms with Crippen LogP contribution in [0.4, 0.5) is 0 Å². The summed E-state index contributed by atoms with van der Waals surface area (Å²) in [6.07, 6.45) is 1.71. The van der Waals surface area contributed by atoms with Crippen molar-refractivity contribution in [3.63, 3.8) is 0 Å². The van der Waals surface area contributed by atoms with Crippen molar-refractivity contribution in [2.75, 3.05) is 26.7 Å². The van der Waals surface area contributed by atoms with Crippen LogP contribution in [0.3, 0.4) is 0 Å². The molecule has 0 aliphatic carbocycles. The average molecular weight is 409 g/mol. The van der Waals surface area contributed by atoms with Gasteiger partial charge in [0.25, 0.3) is 0 Å². The van der Waals surface area contributed by atoms with Crippen LogP contribution in [0.1, 0.15) is 30.0 Å². The zero-order valence-corrected chi connectivity index (χ0v) is 17.3. The molecule has 0 spiro atoms. The molecule has 1 fully saturated rings. The summed E-state index contributed by atoms with van der Waals surface area (Å²) in [4.78, 5) is 30.0. The number of nitrogens with one attached hydrogen (secondary N) is 2. The molecule has 4 rings (SSSR count). The smallest absolute Gasteiger partial charge is 0.326 e. The number of likely N-dealkylation sites (tertiary alicyclic amines) is 1. The van der Waals surface area contributed by atoms with Gasteiger partial charge in [-0.25, -0.2) is 4.79 Å². The normalized spacial score (nSPS) is 15.5. The zero-order chi connectivity index (χ0) is 20.9. The number of para-hydroxylation sites is 2. The lowest BCUT2D eigenvalue weighted by molar-refractivity contribution is -0.122. The van der Waals surface area contributed by atoms with Crippen molar-refractivity contribution in [1.82, 2.24) is 19.8 Å². The Bertz CT molecular complexity index is 1060. The molecule has 0 bridgehead atoms. The number of carbonyl (C=O) groups excluding carboxylic acids is 1. The number of amides is 1. The van der Waals surface area contributed by atoms with E-state index in [-0.39, 0.29) is 17.6 Å². The van der Waals surface area contributed by atoms with E-state index in [1.54, 1.807) is 7.11 Å². The van der Waals surface area contributed by atoms with Crippen molar-refractivity contribution < 1.29 is 9.53 Å². The second-order valence-electron chi connectivity index (χ2n) is 7.80. The molecule has 1 aliphatic rings. The number of aromatic nitrogens is 2. The molecular formula is C23H28N4O3. The largest absolute Gasteiger partial charge is 0.380 e. The molecule has 158 valence electrons. The van der Waals surface area contributed by atoms with Gasteiger partial charge in [0.1, 0.15) is 0 Å². The monoisotopic (exact) mass is 408 g/mol. The number of hydrogen-bond acceptors (Lipinski definition) is 4. The molecule has 7 nitrogen and oxygen atoms in total. The predicted octanol–water partition coefficient (Wildman–Crippen LogP) is 2.43. The van der Waals surface area contributed by atoms with Crippen LogP contribution in [0.2, 0.25) is 0 Å². The first-order chi connectivity index (χ1) is 14.7. The Hall–Kier alpha value is -2.90. The third-order valence-electron chi connectivity index (χ3n) is 5.81. The highest BCUT2D eigenvalue weighted by molar-refractivity contribution is 5.78. The van der Waals surface area contributed by atoms with Gasteiger partial charge in [-0.15, -0.1) is 0 Å². The predicted molar refractivity (Wildman–Crippen MR) is 116 cm³/mol. The summed E-state index contributed by atoms with van der Waals surface area (Å²) in [6, 6.07) is 15.9. The van der Waals surface area contributed by atoms with Gasteiger partial charge in [0.2, 0.25) is 5.91 Å². The number of fused-ring (bicyclic) bond motifs is 1. The van der Waals surface area contributed by atoms with Crippen molar-refractivity contribution in [3.8, 4) is 0 Å². The summed E-state index contributed by atoms with van der Waals surface area (Å²) >= 11 is 0. The molecule has 0 unspecified atom stereocenters. The van der Waals surface area contributed by atoms with Crippen molar-refractivity contribution in [2.45, 2.75) is 32.0 Å². The number of imidazole rings is 1. The number of methoxy groups -OCH3 is 1. The van der Waals surface area contributed by atoms with Gasteiger partial charge in [-0.3, -0.25) is 14.3 Å². The van der Waals surface area contributed by atoms with Crippen molar-refractivity contribution in [1.29, 1.82) is 0 Å². The fourth-order valence-corrected chi connectivity index (χ4v) is 4.25. The minimum atomic E-state index is -0.0536.